The molecule has 1 fully saturated rings. The van der Waals surface area contributed by atoms with Crippen molar-refractivity contribution in [2.24, 2.45) is 23.7 Å². The number of hydrogen-bond acceptors (Lipinski definition) is 5. The third kappa shape index (κ3) is 2.65. The van der Waals surface area contributed by atoms with Crippen molar-refractivity contribution in [3.63, 3.8) is 0 Å². The number of aryl methyl sites for hydroxylation is 1. The van der Waals surface area contributed by atoms with Crippen LogP contribution < -0.4 is 16.0 Å². The van der Waals surface area contributed by atoms with E-state index in [1.165, 1.54) is 11.3 Å². The number of carbonyl (C=O) groups is 3. The smallest absolute Gasteiger partial charge is 0.270 e. The van der Waals surface area contributed by atoms with E-state index in [1.807, 2.05) is 26.0 Å². The fraction of sp³-hybridized carbons (Fsp3) is 0.438. The van der Waals surface area contributed by atoms with Crippen LogP contribution in [0.4, 0.5) is 0 Å². The van der Waals surface area contributed by atoms with Crippen LogP contribution in [0.25, 0.3) is 0 Å². The zero-order valence-electron chi connectivity index (χ0n) is 12.8. The lowest BCUT2D eigenvalue weighted by molar-refractivity contribution is -0.313. The summed E-state index contributed by atoms with van der Waals surface area (Å²) in [7, 11) is 0. The van der Waals surface area contributed by atoms with Gasteiger partial charge in [0.15, 0.2) is 0 Å². The number of hydrogen-bond donors (Lipinski definition) is 2. The van der Waals surface area contributed by atoms with E-state index < -0.39 is 29.6 Å². The van der Waals surface area contributed by atoms with Crippen molar-refractivity contribution >= 4 is 29.1 Å². The van der Waals surface area contributed by atoms with Gasteiger partial charge in [0, 0.05) is 22.1 Å². The Labute approximate surface area is 137 Å². The lowest BCUT2D eigenvalue weighted by atomic mass is 9.82. The topological polar surface area (TPSA) is 98.3 Å². The Morgan fingerprint density at radius 1 is 1.13 bits per heavy atom. The van der Waals surface area contributed by atoms with E-state index in [9.17, 15) is 19.5 Å². The van der Waals surface area contributed by atoms with Crippen molar-refractivity contribution in [2.45, 2.75) is 20.3 Å². The summed E-state index contributed by atoms with van der Waals surface area (Å²) in [6, 6.07) is 0. The minimum atomic E-state index is -1.21. The van der Waals surface area contributed by atoms with Gasteiger partial charge in [-0.05, 0) is 37.7 Å². The molecule has 2 aliphatic carbocycles. The minimum Gasteiger partial charge on any atom is -0.550 e. The summed E-state index contributed by atoms with van der Waals surface area (Å²) < 4.78 is 0. The fourth-order valence-corrected chi connectivity index (χ4v) is 4.37. The number of carboxylic acid groups (broad SMARTS) is 1. The van der Waals surface area contributed by atoms with Crippen molar-refractivity contribution in [1.82, 2.24) is 10.9 Å². The van der Waals surface area contributed by atoms with Crippen LogP contribution in [0.15, 0.2) is 17.5 Å². The maximum Gasteiger partial charge on any atom is 0.270 e. The van der Waals surface area contributed by atoms with E-state index in [4.69, 9.17) is 0 Å². The van der Waals surface area contributed by atoms with Gasteiger partial charge in [-0.15, -0.1) is 11.3 Å². The van der Waals surface area contributed by atoms with Crippen molar-refractivity contribution in [3.8, 4) is 0 Å². The molecule has 2 aliphatic rings. The Morgan fingerprint density at radius 3 is 2.35 bits per heavy atom. The normalized spacial score (nSPS) is 27.9. The summed E-state index contributed by atoms with van der Waals surface area (Å²) in [5.41, 5.74) is 6.13. The number of allylic oxidation sites excluding steroid dienone is 2. The van der Waals surface area contributed by atoms with Crippen LogP contribution in [0.2, 0.25) is 0 Å². The molecule has 1 heterocycles. The molecule has 0 aliphatic heterocycles. The molecule has 0 unspecified atom stereocenters. The first-order valence-electron chi connectivity index (χ1n) is 7.44. The zero-order valence-corrected chi connectivity index (χ0v) is 13.6. The fourth-order valence-electron chi connectivity index (χ4n) is 3.51. The second-order valence-electron chi connectivity index (χ2n) is 6.09. The molecule has 6 nitrogen and oxygen atoms in total. The summed E-state index contributed by atoms with van der Waals surface area (Å²) in [6.45, 7) is 3.76. The molecule has 1 aromatic heterocycles. The van der Waals surface area contributed by atoms with Gasteiger partial charge < -0.3 is 9.90 Å². The average molecular weight is 333 g/mol. The van der Waals surface area contributed by atoms with Gasteiger partial charge >= 0.3 is 0 Å². The first-order chi connectivity index (χ1) is 10.9. The van der Waals surface area contributed by atoms with Gasteiger partial charge in [0.25, 0.3) is 5.91 Å². The minimum absolute atomic E-state index is 0.107. The monoisotopic (exact) mass is 333 g/mol. The number of aliphatic carboxylic acids is 1. The number of rotatable bonds is 3. The van der Waals surface area contributed by atoms with Gasteiger partial charge in [-0.25, -0.2) is 0 Å². The molecule has 0 saturated heterocycles. The van der Waals surface area contributed by atoms with Gasteiger partial charge in [0.2, 0.25) is 5.91 Å². The number of carboxylic acids is 1. The maximum absolute atomic E-state index is 12.3. The quantitative estimate of drug-likeness (QED) is 0.614. The molecule has 0 spiro atoms. The Balaban J connectivity index is 1.66. The first kappa shape index (κ1) is 15.7. The van der Waals surface area contributed by atoms with Gasteiger partial charge in [0.05, 0.1) is 11.5 Å². The molecule has 3 rings (SSSR count). The SMILES string of the molecule is Cc1scc(C(=O)NNC(=O)[C@@H]2[C@@H](C(=O)[O-])[C@H]3C=C[C@H]2C3)c1C. The van der Waals surface area contributed by atoms with Crippen LogP contribution in [0.3, 0.4) is 0 Å². The summed E-state index contributed by atoms with van der Waals surface area (Å²) in [5, 5.41) is 13.0. The molecule has 2 bridgehead atoms. The van der Waals surface area contributed by atoms with E-state index in [1.54, 1.807) is 5.38 Å². The van der Waals surface area contributed by atoms with E-state index in [2.05, 4.69) is 10.9 Å². The second kappa shape index (κ2) is 5.81. The predicted octanol–water partition coefficient (Wildman–Crippen LogP) is 0.314. The highest BCUT2D eigenvalue weighted by molar-refractivity contribution is 7.10. The van der Waals surface area contributed by atoms with Crippen LogP contribution in [0.5, 0.6) is 0 Å². The number of carbonyl (C=O) groups excluding carboxylic acids is 3. The maximum atomic E-state index is 12.3. The first-order valence-corrected chi connectivity index (χ1v) is 8.32. The molecule has 122 valence electrons. The molecule has 4 atom stereocenters. The third-order valence-corrected chi connectivity index (χ3v) is 5.88. The molecule has 2 N–H and O–H groups in total. The lowest BCUT2D eigenvalue weighted by Crippen LogP contribution is -2.50. The summed E-state index contributed by atoms with van der Waals surface area (Å²) in [6.07, 6.45) is 4.36. The molecule has 7 heteroatoms. The molecule has 2 amide bonds. The Morgan fingerprint density at radius 2 is 1.78 bits per heavy atom. The van der Waals surface area contributed by atoms with E-state index in [-0.39, 0.29) is 11.8 Å². The molecule has 0 radical (unpaired) electrons. The summed E-state index contributed by atoms with van der Waals surface area (Å²) in [5.74, 6) is -3.87. The number of fused-ring (bicyclic) bond motifs is 2. The summed E-state index contributed by atoms with van der Waals surface area (Å²) in [4.78, 5) is 36.8. The van der Waals surface area contributed by atoms with Crippen molar-refractivity contribution in [3.05, 3.63) is 33.5 Å². The third-order valence-electron chi connectivity index (χ3n) is 4.86. The van der Waals surface area contributed by atoms with Gasteiger partial charge in [-0.3, -0.25) is 20.4 Å². The lowest BCUT2D eigenvalue weighted by Gasteiger charge is -2.27. The molecular weight excluding hydrogens is 316 g/mol. The molecule has 0 aromatic carbocycles. The van der Waals surface area contributed by atoms with Crippen molar-refractivity contribution in [2.75, 3.05) is 0 Å². The number of hydrazine groups is 1. The second-order valence-corrected chi connectivity index (χ2v) is 7.18. The number of nitrogens with one attached hydrogen (secondary N) is 2. The van der Waals surface area contributed by atoms with Crippen LogP contribution in [0, 0.1) is 37.5 Å². The predicted molar refractivity (Wildman–Crippen MR) is 82.1 cm³/mol. The largest absolute Gasteiger partial charge is 0.550 e. The Bertz CT molecular complexity index is 709. The molecule has 23 heavy (non-hydrogen) atoms. The van der Waals surface area contributed by atoms with Crippen LogP contribution in [0.1, 0.15) is 27.2 Å². The van der Waals surface area contributed by atoms with Crippen molar-refractivity contribution in [1.29, 1.82) is 0 Å². The van der Waals surface area contributed by atoms with Gasteiger partial charge in [0.1, 0.15) is 0 Å². The summed E-state index contributed by atoms with van der Waals surface area (Å²) >= 11 is 1.46. The van der Waals surface area contributed by atoms with E-state index in [0.29, 0.717) is 12.0 Å². The highest BCUT2D eigenvalue weighted by atomic mass is 32.1. The van der Waals surface area contributed by atoms with Crippen LogP contribution in [-0.2, 0) is 9.59 Å². The van der Waals surface area contributed by atoms with Gasteiger partial charge in [-0.1, -0.05) is 12.2 Å². The average Bonchev–Trinajstić information content (AvgIpc) is 3.20. The standard InChI is InChI=1S/C16H18N2O4S/c1-7-8(2)23-6-11(7)14(19)17-18-15(20)12-9-3-4-10(5-9)13(12)16(21)22/h3-4,6,9-10,12-13H,5H2,1-2H3,(H,17,19)(H,18,20)(H,21,22)/p-1/t9-,10-,12-,13-/m0/s1. The number of amides is 2. The van der Waals surface area contributed by atoms with Gasteiger partial charge in [-0.2, -0.15) is 0 Å². The number of thiophene rings is 1. The van der Waals surface area contributed by atoms with E-state index in [0.717, 1.165) is 10.4 Å². The van der Waals surface area contributed by atoms with Crippen LogP contribution >= 0.6 is 11.3 Å². The molecular formula is C16H17N2O4S-. The highest BCUT2D eigenvalue weighted by Crippen LogP contribution is 2.47. The molecule has 1 saturated carbocycles. The van der Waals surface area contributed by atoms with E-state index >= 15 is 0 Å². The highest BCUT2D eigenvalue weighted by Gasteiger charge is 2.48. The Kier molecular flexibility index (Phi) is 3.97. The Hall–Kier alpha value is -2.15. The molecule has 1 aromatic rings. The zero-order chi connectivity index (χ0) is 16.7. The van der Waals surface area contributed by atoms with Crippen LogP contribution in [-0.4, -0.2) is 17.8 Å². The van der Waals surface area contributed by atoms with Crippen molar-refractivity contribution < 1.29 is 19.5 Å².